The smallest absolute Gasteiger partial charge is 0.214 e. The molecule has 1 aromatic heterocycles. The van der Waals surface area contributed by atoms with Gasteiger partial charge in [-0.15, -0.1) is 5.10 Å². The van der Waals surface area contributed by atoms with Gasteiger partial charge in [0.15, 0.2) is 6.29 Å². The van der Waals surface area contributed by atoms with E-state index in [0.717, 1.165) is 39.1 Å². The summed E-state index contributed by atoms with van der Waals surface area (Å²) in [4.78, 5) is 0. The van der Waals surface area contributed by atoms with Gasteiger partial charge in [0, 0.05) is 24.3 Å². The van der Waals surface area contributed by atoms with E-state index in [-0.39, 0.29) is 18.8 Å². The molecule has 1 aliphatic heterocycles. The molecule has 1 saturated heterocycles. The van der Waals surface area contributed by atoms with Crippen molar-refractivity contribution >= 4 is 11.8 Å². The maximum atomic E-state index is 9.49. The van der Waals surface area contributed by atoms with Crippen molar-refractivity contribution in [1.82, 2.24) is 20.2 Å². The van der Waals surface area contributed by atoms with E-state index in [2.05, 4.69) is 51.9 Å². The number of rotatable bonds is 9. The number of nitrogens with zero attached hydrogens (tertiary/aromatic N) is 4. The highest BCUT2D eigenvalue weighted by Gasteiger charge is 2.32. The molecule has 0 amide bonds. The first-order chi connectivity index (χ1) is 20.2. The van der Waals surface area contributed by atoms with Crippen molar-refractivity contribution in [3.8, 4) is 16.8 Å². The van der Waals surface area contributed by atoms with Crippen molar-refractivity contribution in [2.45, 2.75) is 43.2 Å². The number of benzene rings is 4. The molecule has 4 aromatic carbocycles. The molecule has 208 valence electrons. The first-order valence-corrected chi connectivity index (χ1v) is 14.6. The SMILES string of the molecule is NCc1cccc(-c2ccc([C@H]3O[C@@H](CSc4nnnn4-c4ccccc4)C[C@@H](c4ccc(CO)cc4)O3)cc2)c1. The molecule has 0 aliphatic carbocycles. The van der Waals surface area contributed by atoms with Crippen LogP contribution in [0.15, 0.2) is 108 Å². The summed E-state index contributed by atoms with van der Waals surface area (Å²) in [6.45, 7) is 0.515. The number of aromatic nitrogens is 4. The van der Waals surface area contributed by atoms with E-state index in [4.69, 9.17) is 15.2 Å². The monoisotopic (exact) mass is 565 g/mol. The van der Waals surface area contributed by atoms with E-state index in [9.17, 15) is 5.11 Å². The van der Waals surface area contributed by atoms with Crippen molar-refractivity contribution in [1.29, 1.82) is 0 Å². The predicted molar refractivity (Wildman–Crippen MR) is 158 cm³/mol. The van der Waals surface area contributed by atoms with Crippen LogP contribution in [0.4, 0.5) is 0 Å². The molecule has 0 spiro atoms. The number of hydrogen-bond acceptors (Lipinski definition) is 8. The number of ether oxygens (including phenoxy) is 2. The minimum Gasteiger partial charge on any atom is -0.392 e. The Hall–Kier alpha value is -3.86. The van der Waals surface area contributed by atoms with Crippen LogP contribution >= 0.6 is 11.8 Å². The molecule has 9 heteroatoms. The van der Waals surface area contributed by atoms with Gasteiger partial charge in [-0.2, -0.15) is 4.68 Å². The number of para-hydroxylation sites is 1. The largest absolute Gasteiger partial charge is 0.392 e. The summed E-state index contributed by atoms with van der Waals surface area (Å²) in [6.07, 6.45) is -0.133. The number of tetrazole rings is 1. The van der Waals surface area contributed by atoms with Crippen LogP contribution in [-0.4, -0.2) is 37.2 Å². The van der Waals surface area contributed by atoms with Crippen LogP contribution in [-0.2, 0) is 22.6 Å². The molecular formula is C32H31N5O3S. The lowest BCUT2D eigenvalue weighted by molar-refractivity contribution is -0.245. The first kappa shape index (κ1) is 27.3. The second-order valence-corrected chi connectivity index (χ2v) is 10.9. The second-order valence-electron chi connectivity index (χ2n) is 9.90. The van der Waals surface area contributed by atoms with Crippen LogP contribution in [0.25, 0.3) is 16.8 Å². The van der Waals surface area contributed by atoms with Crippen LogP contribution in [0, 0.1) is 0 Å². The molecule has 3 atom stereocenters. The zero-order valence-corrected chi connectivity index (χ0v) is 23.2. The summed E-state index contributed by atoms with van der Waals surface area (Å²) in [7, 11) is 0. The Morgan fingerprint density at radius 1 is 0.829 bits per heavy atom. The number of thioether (sulfide) groups is 1. The van der Waals surface area contributed by atoms with E-state index in [1.54, 1.807) is 16.4 Å². The van der Waals surface area contributed by atoms with Crippen molar-refractivity contribution in [3.63, 3.8) is 0 Å². The molecule has 8 nitrogen and oxygen atoms in total. The van der Waals surface area contributed by atoms with Crippen LogP contribution in [0.1, 0.15) is 41.1 Å². The zero-order chi connectivity index (χ0) is 28.0. The maximum absolute atomic E-state index is 9.49. The highest BCUT2D eigenvalue weighted by molar-refractivity contribution is 7.99. The lowest BCUT2D eigenvalue weighted by atomic mass is 9.99. The summed E-state index contributed by atoms with van der Waals surface area (Å²) >= 11 is 1.56. The van der Waals surface area contributed by atoms with Gasteiger partial charge in [0.2, 0.25) is 5.16 Å². The molecule has 0 saturated carbocycles. The summed E-state index contributed by atoms with van der Waals surface area (Å²) < 4.78 is 14.8. The minimum absolute atomic E-state index is 0.00741. The number of hydrogen-bond donors (Lipinski definition) is 2. The van der Waals surface area contributed by atoms with Crippen LogP contribution in [0.5, 0.6) is 0 Å². The maximum Gasteiger partial charge on any atom is 0.214 e. The van der Waals surface area contributed by atoms with Crippen molar-refractivity contribution in [3.05, 3.63) is 125 Å². The minimum atomic E-state index is -0.536. The highest BCUT2D eigenvalue weighted by atomic mass is 32.2. The second kappa shape index (κ2) is 12.8. The topological polar surface area (TPSA) is 108 Å². The lowest BCUT2D eigenvalue weighted by Gasteiger charge is -2.36. The number of aliphatic hydroxyl groups excluding tert-OH is 1. The normalized spacial score (nSPS) is 18.8. The van der Waals surface area contributed by atoms with E-state index in [1.165, 1.54) is 0 Å². The van der Waals surface area contributed by atoms with Crippen molar-refractivity contribution in [2.75, 3.05) is 5.75 Å². The summed E-state index contributed by atoms with van der Waals surface area (Å²) in [5.74, 6) is 0.655. The third kappa shape index (κ3) is 6.40. The molecule has 1 aliphatic rings. The van der Waals surface area contributed by atoms with E-state index < -0.39 is 6.29 Å². The fourth-order valence-corrected chi connectivity index (χ4v) is 5.81. The van der Waals surface area contributed by atoms with E-state index in [0.29, 0.717) is 23.9 Å². The van der Waals surface area contributed by atoms with E-state index in [1.807, 2.05) is 66.7 Å². The molecule has 41 heavy (non-hydrogen) atoms. The van der Waals surface area contributed by atoms with Gasteiger partial charge in [-0.05, 0) is 56.4 Å². The van der Waals surface area contributed by atoms with Gasteiger partial charge in [0.1, 0.15) is 0 Å². The molecule has 0 radical (unpaired) electrons. The Balaban J connectivity index is 1.22. The summed E-state index contributed by atoms with van der Waals surface area (Å²) in [5.41, 5.74) is 12.9. The quantitative estimate of drug-likeness (QED) is 0.222. The van der Waals surface area contributed by atoms with Gasteiger partial charge in [-0.1, -0.05) is 96.7 Å². The zero-order valence-electron chi connectivity index (χ0n) is 22.4. The fraction of sp³-hybridized carbons (Fsp3) is 0.219. The molecule has 3 N–H and O–H groups in total. The van der Waals surface area contributed by atoms with Crippen LogP contribution in [0.3, 0.4) is 0 Å². The van der Waals surface area contributed by atoms with Gasteiger partial charge < -0.3 is 20.3 Å². The summed E-state index contributed by atoms with van der Waals surface area (Å²) in [6, 6.07) is 34.3. The van der Waals surface area contributed by atoms with Gasteiger partial charge in [-0.25, -0.2) is 0 Å². The molecule has 5 aromatic rings. The van der Waals surface area contributed by atoms with Crippen LogP contribution in [0.2, 0.25) is 0 Å². The van der Waals surface area contributed by atoms with Gasteiger partial charge >= 0.3 is 0 Å². The fourth-order valence-electron chi connectivity index (χ4n) is 4.90. The average molecular weight is 566 g/mol. The standard InChI is InChI=1S/C32H31N5O3S/c33-19-23-5-4-6-27(17-23)24-13-15-26(16-14-24)31-39-29(18-30(40-31)25-11-9-22(20-38)10-12-25)21-41-32-34-35-36-37(32)28-7-2-1-3-8-28/h1-17,29-31,38H,18-21,33H2/t29-,30+,31+/m1/s1. The molecular weight excluding hydrogens is 534 g/mol. The summed E-state index contributed by atoms with van der Waals surface area (Å²) in [5, 5.41) is 22.5. The Morgan fingerprint density at radius 2 is 1.61 bits per heavy atom. The predicted octanol–water partition coefficient (Wildman–Crippen LogP) is 5.62. The van der Waals surface area contributed by atoms with Crippen molar-refractivity contribution < 1.29 is 14.6 Å². The van der Waals surface area contributed by atoms with Crippen LogP contribution < -0.4 is 5.73 Å². The number of aliphatic hydroxyl groups is 1. The van der Waals surface area contributed by atoms with Gasteiger partial charge in [0.05, 0.1) is 24.5 Å². The highest BCUT2D eigenvalue weighted by Crippen LogP contribution is 2.39. The van der Waals surface area contributed by atoms with Gasteiger partial charge in [-0.3, -0.25) is 0 Å². The molecule has 1 fully saturated rings. The third-order valence-electron chi connectivity index (χ3n) is 7.13. The van der Waals surface area contributed by atoms with E-state index >= 15 is 0 Å². The average Bonchev–Trinajstić information content (AvgIpc) is 3.53. The molecule has 6 rings (SSSR count). The van der Waals surface area contributed by atoms with Gasteiger partial charge in [0.25, 0.3) is 0 Å². The number of nitrogens with two attached hydrogens (primary N) is 1. The lowest BCUT2D eigenvalue weighted by Crippen LogP contribution is -2.31. The molecule has 2 heterocycles. The Labute approximate surface area is 243 Å². The van der Waals surface area contributed by atoms with Crippen molar-refractivity contribution in [2.24, 2.45) is 5.73 Å². The Kier molecular flexibility index (Phi) is 8.50. The molecule has 0 unspecified atom stereocenters. The third-order valence-corrected chi connectivity index (χ3v) is 8.19. The Bertz CT molecular complexity index is 1560. The first-order valence-electron chi connectivity index (χ1n) is 13.6. The Morgan fingerprint density at radius 3 is 2.37 bits per heavy atom. The molecule has 0 bridgehead atoms.